The number of nitrogens with zero attached hydrogens (tertiary/aromatic N) is 3. The number of benzene rings is 1. The van der Waals surface area contributed by atoms with E-state index in [1.807, 2.05) is 0 Å². The van der Waals surface area contributed by atoms with Gasteiger partial charge in [-0.3, -0.25) is 14.4 Å². The van der Waals surface area contributed by atoms with E-state index < -0.39 is 73.6 Å². The van der Waals surface area contributed by atoms with Crippen molar-refractivity contribution in [1.82, 2.24) is 14.7 Å². The van der Waals surface area contributed by atoms with Crippen LogP contribution in [0.1, 0.15) is 38.5 Å². The maximum atomic E-state index is 12.7. The van der Waals surface area contributed by atoms with Crippen LogP contribution in [0.3, 0.4) is 0 Å². The zero-order valence-corrected chi connectivity index (χ0v) is 22.8. The number of likely N-dealkylation sites (tertiary alicyclic amines) is 3. The van der Waals surface area contributed by atoms with Crippen molar-refractivity contribution in [1.29, 1.82) is 0 Å². The first-order valence-electron chi connectivity index (χ1n) is 13.7. The van der Waals surface area contributed by atoms with Gasteiger partial charge >= 0.3 is 17.9 Å². The first kappa shape index (κ1) is 30.4. The minimum atomic E-state index is -1.10. The number of ether oxygens (including phenoxy) is 3. The standard InChI is InChI=1S/C27H33N3O12/c31-22(28-7-1-4-19(28)25(34)35)13-40-16-10-17(41-14-23(32)29-8-2-5-20(29)26(36)37)12-18(11-16)42-15-24(33)30-9-3-6-21(30)27(38)39/h10-12,19-21H,1-9,13-15H2,(H,34,35)(H,36,37)(H,38,39). The summed E-state index contributed by atoms with van der Waals surface area (Å²) >= 11 is 0. The van der Waals surface area contributed by atoms with Gasteiger partial charge in [-0.2, -0.15) is 0 Å². The Kier molecular flexibility index (Phi) is 9.70. The van der Waals surface area contributed by atoms with Crippen molar-refractivity contribution in [3.63, 3.8) is 0 Å². The van der Waals surface area contributed by atoms with Gasteiger partial charge in [-0.1, -0.05) is 0 Å². The van der Waals surface area contributed by atoms with Gasteiger partial charge in [-0.05, 0) is 38.5 Å². The van der Waals surface area contributed by atoms with Crippen LogP contribution in [0.15, 0.2) is 18.2 Å². The van der Waals surface area contributed by atoms with Crippen molar-refractivity contribution in [2.45, 2.75) is 56.7 Å². The smallest absolute Gasteiger partial charge is 0.326 e. The van der Waals surface area contributed by atoms with E-state index >= 15 is 0 Å². The Hall–Kier alpha value is -4.56. The fraction of sp³-hybridized carbons (Fsp3) is 0.556. The fourth-order valence-electron chi connectivity index (χ4n) is 5.45. The quantitative estimate of drug-likeness (QED) is 0.295. The average molecular weight is 592 g/mol. The summed E-state index contributed by atoms with van der Waals surface area (Å²) in [7, 11) is 0. The molecule has 3 aliphatic heterocycles. The molecular formula is C27H33N3O12. The van der Waals surface area contributed by atoms with Gasteiger partial charge in [-0.15, -0.1) is 0 Å². The Morgan fingerprint density at radius 1 is 0.548 bits per heavy atom. The van der Waals surface area contributed by atoms with Crippen LogP contribution in [0.5, 0.6) is 17.2 Å². The Morgan fingerprint density at radius 3 is 1.05 bits per heavy atom. The number of carboxylic acids is 3. The number of hydrogen-bond acceptors (Lipinski definition) is 9. The molecule has 1 aromatic carbocycles. The van der Waals surface area contributed by atoms with E-state index in [2.05, 4.69) is 0 Å². The van der Waals surface area contributed by atoms with E-state index in [4.69, 9.17) is 14.2 Å². The summed E-state index contributed by atoms with van der Waals surface area (Å²) in [6.45, 7) is -0.639. The number of carboxylic acid groups (broad SMARTS) is 3. The highest BCUT2D eigenvalue weighted by atomic mass is 16.5. The lowest BCUT2D eigenvalue weighted by molar-refractivity contribution is -0.149. The van der Waals surface area contributed by atoms with Crippen LogP contribution in [0.25, 0.3) is 0 Å². The van der Waals surface area contributed by atoms with E-state index in [-0.39, 0.29) is 36.9 Å². The summed E-state index contributed by atoms with van der Waals surface area (Å²) < 4.78 is 16.8. The molecule has 1 aromatic rings. The predicted octanol–water partition coefficient (Wildman–Crippen LogP) is 0.0498. The highest BCUT2D eigenvalue weighted by molar-refractivity contribution is 5.86. The molecule has 3 fully saturated rings. The minimum Gasteiger partial charge on any atom is -0.483 e. The third-order valence-corrected chi connectivity index (χ3v) is 7.52. The van der Waals surface area contributed by atoms with Crippen LogP contribution < -0.4 is 14.2 Å². The van der Waals surface area contributed by atoms with Crippen LogP contribution in [0.4, 0.5) is 0 Å². The molecule has 3 unspecified atom stereocenters. The van der Waals surface area contributed by atoms with Crippen molar-refractivity contribution < 1.29 is 58.3 Å². The van der Waals surface area contributed by atoms with E-state index in [0.29, 0.717) is 38.5 Å². The molecule has 3 N–H and O–H groups in total. The van der Waals surface area contributed by atoms with Gasteiger partial charge in [0.1, 0.15) is 35.4 Å². The van der Waals surface area contributed by atoms with Crippen LogP contribution in [-0.4, -0.2) is 123 Å². The van der Waals surface area contributed by atoms with Crippen molar-refractivity contribution >= 4 is 35.6 Å². The topological polar surface area (TPSA) is 201 Å². The number of carbonyl (C=O) groups is 6. The normalized spacial score (nSPS) is 21.7. The molecule has 228 valence electrons. The van der Waals surface area contributed by atoms with Crippen molar-refractivity contribution in [2.75, 3.05) is 39.5 Å². The molecule has 0 spiro atoms. The van der Waals surface area contributed by atoms with Gasteiger partial charge in [0.15, 0.2) is 19.8 Å². The van der Waals surface area contributed by atoms with Gasteiger partial charge in [-0.25, -0.2) is 14.4 Å². The number of aliphatic carboxylic acids is 3. The summed E-state index contributed by atoms with van der Waals surface area (Å²) in [6, 6.07) is 1.29. The summed E-state index contributed by atoms with van der Waals surface area (Å²) in [6.07, 6.45) is 2.65. The maximum Gasteiger partial charge on any atom is 0.326 e. The number of amides is 3. The number of hydrogen-bond donors (Lipinski definition) is 3. The molecule has 0 aromatic heterocycles. The van der Waals surface area contributed by atoms with Gasteiger partial charge in [0.25, 0.3) is 17.7 Å². The molecule has 42 heavy (non-hydrogen) atoms. The lowest BCUT2D eigenvalue weighted by atomic mass is 10.2. The van der Waals surface area contributed by atoms with Crippen LogP contribution in [0.2, 0.25) is 0 Å². The van der Waals surface area contributed by atoms with Crippen LogP contribution >= 0.6 is 0 Å². The van der Waals surface area contributed by atoms with Gasteiger partial charge in [0.2, 0.25) is 0 Å². The molecule has 0 radical (unpaired) electrons. The lowest BCUT2D eigenvalue weighted by Crippen LogP contribution is -2.43. The van der Waals surface area contributed by atoms with Gasteiger partial charge in [0, 0.05) is 37.8 Å². The molecule has 4 rings (SSSR count). The Morgan fingerprint density at radius 2 is 0.810 bits per heavy atom. The monoisotopic (exact) mass is 591 g/mol. The van der Waals surface area contributed by atoms with Gasteiger partial charge < -0.3 is 44.2 Å². The van der Waals surface area contributed by atoms with Crippen molar-refractivity contribution in [3.05, 3.63) is 18.2 Å². The zero-order chi connectivity index (χ0) is 30.4. The van der Waals surface area contributed by atoms with Gasteiger partial charge in [0.05, 0.1) is 0 Å². The SMILES string of the molecule is O=C(O)C1CCCN1C(=O)COc1cc(OCC(=O)N2CCCC2C(=O)O)cc(OCC(=O)N2CCCC2C(=O)O)c1. The second-order valence-corrected chi connectivity index (χ2v) is 10.3. The van der Waals surface area contributed by atoms with E-state index in [9.17, 15) is 44.1 Å². The summed E-state index contributed by atoms with van der Waals surface area (Å²) in [5.41, 5.74) is 0. The molecule has 0 saturated carbocycles. The first-order valence-corrected chi connectivity index (χ1v) is 13.7. The summed E-state index contributed by atoms with van der Waals surface area (Å²) in [5.74, 6) is -4.74. The minimum absolute atomic E-state index is 0.0657. The average Bonchev–Trinajstić information content (AvgIpc) is 3.73. The molecule has 15 nitrogen and oxygen atoms in total. The molecular weight excluding hydrogens is 558 g/mol. The second-order valence-electron chi connectivity index (χ2n) is 10.3. The van der Waals surface area contributed by atoms with Crippen LogP contribution in [-0.2, 0) is 28.8 Å². The molecule has 3 atom stereocenters. The molecule has 0 aliphatic carbocycles. The van der Waals surface area contributed by atoms with Crippen molar-refractivity contribution in [3.8, 4) is 17.2 Å². The predicted molar refractivity (Wildman–Crippen MR) is 140 cm³/mol. The Labute approximate surface area is 240 Å². The summed E-state index contributed by atoms with van der Waals surface area (Å²) in [4.78, 5) is 76.0. The Balaban J connectivity index is 1.45. The van der Waals surface area contributed by atoms with E-state index in [1.165, 1.54) is 32.9 Å². The molecule has 3 heterocycles. The maximum absolute atomic E-state index is 12.7. The number of carbonyl (C=O) groups excluding carboxylic acids is 3. The van der Waals surface area contributed by atoms with E-state index in [0.717, 1.165) is 0 Å². The van der Waals surface area contributed by atoms with Crippen molar-refractivity contribution in [2.24, 2.45) is 0 Å². The number of rotatable bonds is 12. The first-order chi connectivity index (χ1) is 20.0. The highest BCUT2D eigenvalue weighted by Gasteiger charge is 2.36. The largest absolute Gasteiger partial charge is 0.483 e. The Bertz CT molecular complexity index is 1080. The zero-order valence-electron chi connectivity index (χ0n) is 22.8. The lowest BCUT2D eigenvalue weighted by Gasteiger charge is -2.23. The second kappa shape index (κ2) is 13.4. The summed E-state index contributed by atoms with van der Waals surface area (Å²) in [5, 5.41) is 28.1. The molecule has 0 bridgehead atoms. The molecule has 15 heteroatoms. The third-order valence-electron chi connectivity index (χ3n) is 7.52. The molecule has 3 saturated heterocycles. The molecule has 3 aliphatic rings. The molecule has 3 amide bonds. The highest BCUT2D eigenvalue weighted by Crippen LogP contribution is 2.29. The van der Waals surface area contributed by atoms with E-state index in [1.54, 1.807) is 0 Å². The van der Waals surface area contributed by atoms with Crippen LogP contribution in [0, 0.1) is 0 Å². The fourth-order valence-corrected chi connectivity index (χ4v) is 5.45. The third kappa shape index (κ3) is 7.19.